The number of benzene rings is 3. The van der Waals surface area contributed by atoms with E-state index in [4.69, 9.17) is 0 Å². The van der Waals surface area contributed by atoms with Gasteiger partial charge in [0.2, 0.25) is 0 Å². The number of pyridine rings is 1. The number of imidazole rings is 1. The largest absolute Gasteiger partial charge is 0.295 e. The van der Waals surface area contributed by atoms with Crippen LogP contribution in [0.25, 0.3) is 48.2 Å². The number of rotatable bonds is 1. The average Bonchev–Trinajstić information content (AvgIpc) is 3.39. The molecule has 0 saturated carbocycles. The Morgan fingerprint density at radius 2 is 1.78 bits per heavy atom. The fraction of sp³-hybridized carbons (Fsp3) is 0.207. The molecule has 6 aromatic rings. The molecule has 7 rings (SSSR count). The maximum Gasteiger partial charge on any atom is 0.295 e. The van der Waals surface area contributed by atoms with Gasteiger partial charge in [0.05, 0.1) is 5.39 Å². The Balaban J connectivity index is 1.91. The molecule has 0 saturated heterocycles. The SMILES string of the molecule is C=CC1(C)[n+]2ccn3c4c5cc(C)sc5ccc4c4cc5ccccc5c(c4c32)C1(C)C. The summed E-state index contributed by atoms with van der Waals surface area (Å²) in [7, 11) is 0. The molecule has 0 spiro atoms. The van der Waals surface area contributed by atoms with Crippen molar-refractivity contribution in [2.75, 3.05) is 0 Å². The molecule has 3 aromatic carbocycles. The summed E-state index contributed by atoms with van der Waals surface area (Å²) in [6.07, 6.45) is 6.66. The van der Waals surface area contributed by atoms with Crippen LogP contribution in [0.4, 0.5) is 0 Å². The third-order valence-corrected chi connectivity index (χ3v) is 9.22. The number of hydrogen-bond donors (Lipinski definition) is 0. The zero-order valence-corrected chi connectivity index (χ0v) is 19.7. The standard InChI is InChI=1S/C29H25N2S/c1-6-29(5)28(3,4)25-19-10-8-7-9-18(19)16-21-20-11-12-23-22(15-17(2)32-23)26(20)30-13-14-31(29)27(30)24(21)25/h6-16H,1H2,2-5H3/q+1. The van der Waals surface area contributed by atoms with E-state index in [9.17, 15) is 0 Å². The molecule has 1 unspecified atom stereocenters. The number of aryl methyl sites for hydroxylation is 1. The lowest BCUT2D eigenvalue weighted by Crippen LogP contribution is -2.64. The molecular weight excluding hydrogens is 408 g/mol. The van der Waals surface area contributed by atoms with E-state index in [1.54, 1.807) is 0 Å². The second-order valence-corrected chi connectivity index (χ2v) is 11.3. The Bertz CT molecular complexity index is 1800. The highest BCUT2D eigenvalue weighted by Gasteiger charge is 2.52. The van der Waals surface area contributed by atoms with Gasteiger partial charge >= 0.3 is 0 Å². The van der Waals surface area contributed by atoms with E-state index in [0.717, 1.165) is 0 Å². The van der Waals surface area contributed by atoms with Crippen LogP contribution in [0.1, 0.15) is 31.2 Å². The first kappa shape index (κ1) is 18.4. The lowest BCUT2D eigenvalue weighted by atomic mass is 9.64. The van der Waals surface area contributed by atoms with Crippen molar-refractivity contribution in [1.82, 2.24) is 4.40 Å². The third-order valence-electron chi connectivity index (χ3n) is 8.21. The van der Waals surface area contributed by atoms with Crippen LogP contribution in [-0.2, 0) is 11.0 Å². The summed E-state index contributed by atoms with van der Waals surface area (Å²) in [4.78, 5) is 1.35. The first-order valence-corrected chi connectivity index (χ1v) is 12.1. The van der Waals surface area contributed by atoms with Crippen LogP contribution >= 0.6 is 11.3 Å². The average molecular weight is 434 g/mol. The number of thiophene rings is 1. The number of nitrogens with zero attached hydrogens (tertiary/aromatic N) is 2. The van der Waals surface area contributed by atoms with Crippen molar-refractivity contribution in [2.45, 2.75) is 38.6 Å². The number of allylic oxidation sites excluding steroid dienone is 1. The molecule has 0 bridgehead atoms. The first-order chi connectivity index (χ1) is 15.4. The van der Waals surface area contributed by atoms with Crippen LogP contribution in [0.5, 0.6) is 0 Å². The van der Waals surface area contributed by atoms with Crippen molar-refractivity contribution in [3.63, 3.8) is 0 Å². The molecular formula is C29H25N2S+. The van der Waals surface area contributed by atoms with Crippen LogP contribution < -0.4 is 4.57 Å². The number of aromatic nitrogens is 2. The Kier molecular flexibility index (Phi) is 3.22. The van der Waals surface area contributed by atoms with Crippen molar-refractivity contribution in [3.05, 3.63) is 84.0 Å². The fourth-order valence-corrected chi connectivity index (χ4v) is 7.16. The Morgan fingerprint density at radius 3 is 2.59 bits per heavy atom. The molecule has 2 nitrogen and oxygen atoms in total. The van der Waals surface area contributed by atoms with Crippen LogP contribution in [0, 0.1) is 6.92 Å². The topological polar surface area (TPSA) is 8.29 Å². The molecule has 4 heterocycles. The summed E-state index contributed by atoms with van der Waals surface area (Å²) >= 11 is 1.88. The smallest absolute Gasteiger partial charge is 0.220 e. The molecule has 1 atom stereocenters. The van der Waals surface area contributed by atoms with Gasteiger partial charge in [-0.25, -0.2) is 4.57 Å². The van der Waals surface area contributed by atoms with Crippen molar-refractivity contribution < 1.29 is 4.57 Å². The van der Waals surface area contributed by atoms with Gasteiger partial charge in [-0.05, 0) is 60.5 Å². The van der Waals surface area contributed by atoms with Gasteiger partial charge in [-0.15, -0.1) is 11.3 Å². The maximum atomic E-state index is 4.32. The van der Waals surface area contributed by atoms with Crippen molar-refractivity contribution in [1.29, 1.82) is 0 Å². The van der Waals surface area contributed by atoms with E-state index in [1.807, 2.05) is 11.3 Å². The van der Waals surface area contributed by atoms with Gasteiger partial charge in [0.15, 0.2) is 0 Å². The summed E-state index contributed by atoms with van der Waals surface area (Å²) in [5, 5.41) is 8.04. The molecule has 3 aromatic heterocycles. The zero-order chi connectivity index (χ0) is 22.0. The van der Waals surface area contributed by atoms with Gasteiger partial charge in [-0.3, -0.25) is 0 Å². The predicted octanol–water partition coefficient (Wildman–Crippen LogP) is 7.40. The minimum absolute atomic E-state index is 0.135. The summed E-state index contributed by atoms with van der Waals surface area (Å²) < 4.78 is 6.24. The Hall–Kier alpha value is -3.17. The molecule has 1 aliphatic heterocycles. The highest BCUT2D eigenvalue weighted by molar-refractivity contribution is 7.19. The van der Waals surface area contributed by atoms with Gasteiger partial charge in [0, 0.05) is 31.2 Å². The van der Waals surface area contributed by atoms with E-state index in [0.29, 0.717) is 0 Å². The van der Waals surface area contributed by atoms with Gasteiger partial charge in [-0.1, -0.05) is 44.7 Å². The van der Waals surface area contributed by atoms with E-state index < -0.39 is 0 Å². The Labute approximate surface area is 191 Å². The van der Waals surface area contributed by atoms with Crippen molar-refractivity contribution in [2.24, 2.45) is 0 Å². The molecule has 0 fully saturated rings. The molecule has 0 aliphatic carbocycles. The number of hydrogen-bond acceptors (Lipinski definition) is 1. The van der Waals surface area contributed by atoms with Crippen LogP contribution in [-0.4, -0.2) is 4.40 Å². The molecule has 1 aliphatic rings. The van der Waals surface area contributed by atoms with Gasteiger partial charge in [0.1, 0.15) is 23.4 Å². The monoisotopic (exact) mass is 433 g/mol. The summed E-state index contributed by atoms with van der Waals surface area (Å²) in [5.74, 6) is 0. The van der Waals surface area contributed by atoms with Gasteiger partial charge in [-0.2, -0.15) is 4.40 Å². The van der Waals surface area contributed by atoms with Crippen molar-refractivity contribution in [3.8, 4) is 0 Å². The van der Waals surface area contributed by atoms with Crippen LogP contribution in [0.2, 0.25) is 0 Å². The summed E-state index contributed by atoms with van der Waals surface area (Å²) in [5.41, 5.74) is 3.62. The normalized spacial score (nSPS) is 19.8. The minimum Gasteiger partial charge on any atom is -0.220 e. The van der Waals surface area contributed by atoms with Gasteiger partial charge < -0.3 is 0 Å². The second-order valence-electron chi connectivity index (χ2n) is 9.96. The quantitative estimate of drug-likeness (QED) is 0.110. The highest BCUT2D eigenvalue weighted by atomic mass is 32.1. The molecule has 0 N–H and O–H groups in total. The van der Waals surface area contributed by atoms with Gasteiger partial charge in [0.25, 0.3) is 5.65 Å². The fourth-order valence-electron chi connectivity index (χ4n) is 6.24. The molecule has 0 amide bonds. The predicted molar refractivity (Wildman–Crippen MR) is 137 cm³/mol. The van der Waals surface area contributed by atoms with Crippen LogP contribution in [0.15, 0.2) is 73.6 Å². The lowest BCUT2D eigenvalue weighted by molar-refractivity contribution is -0.735. The summed E-state index contributed by atoms with van der Waals surface area (Å²) in [6.45, 7) is 13.6. The highest BCUT2D eigenvalue weighted by Crippen LogP contribution is 2.50. The lowest BCUT2D eigenvalue weighted by Gasteiger charge is -2.43. The second kappa shape index (κ2) is 5.60. The zero-order valence-electron chi connectivity index (χ0n) is 18.9. The Morgan fingerprint density at radius 1 is 0.969 bits per heavy atom. The third kappa shape index (κ3) is 1.87. The van der Waals surface area contributed by atoms with Crippen LogP contribution in [0.3, 0.4) is 0 Å². The molecule has 3 heteroatoms. The van der Waals surface area contributed by atoms with Crippen molar-refractivity contribution >= 4 is 59.5 Å². The molecule has 0 radical (unpaired) electrons. The summed E-state index contributed by atoms with van der Waals surface area (Å²) in [6, 6.07) is 18.3. The van der Waals surface area contributed by atoms with E-state index in [-0.39, 0.29) is 11.0 Å². The van der Waals surface area contributed by atoms with E-state index in [2.05, 4.69) is 110 Å². The maximum absolute atomic E-state index is 4.32. The minimum atomic E-state index is -0.252. The van der Waals surface area contributed by atoms with E-state index >= 15 is 0 Å². The first-order valence-electron chi connectivity index (χ1n) is 11.2. The number of fused-ring (bicyclic) bond motifs is 7. The molecule has 156 valence electrons. The van der Waals surface area contributed by atoms with E-state index in [1.165, 1.54) is 58.6 Å². The molecule has 32 heavy (non-hydrogen) atoms.